The van der Waals surface area contributed by atoms with Crippen LogP contribution < -0.4 is 9.47 Å². The van der Waals surface area contributed by atoms with Crippen LogP contribution >= 0.6 is 11.6 Å². The van der Waals surface area contributed by atoms with Crippen LogP contribution in [0.5, 0.6) is 11.5 Å². The van der Waals surface area contributed by atoms with Gasteiger partial charge in [0.05, 0.1) is 30.0 Å². The fourth-order valence-electron chi connectivity index (χ4n) is 2.31. The van der Waals surface area contributed by atoms with Crippen LogP contribution in [0, 0.1) is 0 Å². The van der Waals surface area contributed by atoms with Gasteiger partial charge < -0.3 is 9.47 Å². The Balaban J connectivity index is 2.21. The molecule has 5 nitrogen and oxygen atoms in total. The Labute approximate surface area is 159 Å². The molecule has 0 aliphatic rings. The maximum absolute atomic E-state index is 12.3. The number of carbonyl (C=O) groups is 1. The summed E-state index contributed by atoms with van der Waals surface area (Å²) in [4.78, 5) is 12.3. The Morgan fingerprint density at radius 3 is 2.69 bits per heavy atom. The minimum Gasteiger partial charge on any atom is -0.490 e. The molecule has 26 heavy (non-hydrogen) atoms. The highest BCUT2D eigenvalue weighted by molar-refractivity contribution is 6.32. The zero-order valence-electron chi connectivity index (χ0n) is 15.7. The molecule has 0 fully saturated rings. The van der Waals surface area contributed by atoms with Gasteiger partial charge in [0.25, 0.3) is 0 Å². The van der Waals surface area contributed by atoms with Crippen molar-refractivity contribution in [3.63, 3.8) is 0 Å². The summed E-state index contributed by atoms with van der Waals surface area (Å²) in [6, 6.07) is 3.79. The number of carbonyl (C=O) groups excluding carboxylic acids is 1. The first-order valence-corrected chi connectivity index (χ1v) is 9.19. The Hall–Kier alpha value is -2.27. The zero-order valence-corrected chi connectivity index (χ0v) is 16.4. The summed E-state index contributed by atoms with van der Waals surface area (Å²) in [5.74, 6) is 1.00. The summed E-state index contributed by atoms with van der Waals surface area (Å²) in [7, 11) is 0. The standard InChI is InChI=1S/C20H25ClN2O3/c1-5-9-26-20-17(21)10-15(11-19(20)25-6-2)7-8-18(24)16-12-22-23(13-16)14(3)4/h7-8,10-14H,5-6,9H2,1-4H3/b8-7+. The minimum atomic E-state index is -0.114. The van der Waals surface area contributed by atoms with Crippen LogP contribution in [0.2, 0.25) is 5.02 Å². The van der Waals surface area contributed by atoms with Crippen LogP contribution in [-0.4, -0.2) is 28.8 Å². The lowest BCUT2D eigenvalue weighted by atomic mass is 10.1. The Kier molecular flexibility index (Phi) is 7.27. The van der Waals surface area contributed by atoms with Gasteiger partial charge in [-0.2, -0.15) is 5.10 Å². The number of allylic oxidation sites excluding steroid dienone is 1. The molecule has 0 spiro atoms. The van der Waals surface area contributed by atoms with Crippen molar-refractivity contribution in [2.45, 2.75) is 40.2 Å². The predicted octanol–water partition coefficient (Wildman–Crippen LogP) is 5.20. The second-order valence-corrected chi connectivity index (χ2v) is 6.52. The lowest BCUT2D eigenvalue weighted by Crippen LogP contribution is -2.01. The van der Waals surface area contributed by atoms with Crippen molar-refractivity contribution in [2.75, 3.05) is 13.2 Å². The van der Waals surface area contributed by atoms with E-state index in [-0.39, 0.29) is 11.8 Å². The fourth-order valence-corrected chi connectivity index (χ4v) is 2.58. The lowest BCUT2D eigenvalue weighted by Gasteiger charge is -2.14. The SMILES string of the molecule is CCCOc1c(Cl)cc(/C=C/C(=O)c2cnn(C(C)C)c2)cc1OCC. The highest BCUT2D eigenvalue weighted by Crippen LogP contribution is 2.37. The number of aromatic nitrogens is 2. The molecule has 1 aromatic carbocycles. The molecular formula is C20H25ClN2O3. The largest absolute Gasteiger partial charge is 0.490 e. The van der Waals surface area contributed by atoms with Crippen LogP contribution in [0.3, 0.4) is 0 Å². The summed E-state index contributed by atoms with van der Waals surface area (Å²) in [6.07, 6.45) is 7.43. The first kappa shape index (κ1) is 20.0. The molecule has 0 saturated heterocycles. The van der Waals surface area contributed by atoms with Crippen molar-refractivity contribution in [1.29, 1.82) is 0 Å². The van der Waals surface area contributed by atoms with Gasteiger partial charge in [0.2, 0.25) is 0 Å². The van der Waals surface area contributed by atoms with E-state index in [1.807, 2.05) is 33.8 Å². The van der Waals surface area contributed by atoms with Gasteiger partial charge in [-0.25, -0.2) is 0 Å². The van der Waals surface area contributed by atoms with E-state index in [1.54, 1.807) is 29.2 Å². The molecule has 0 amide bonds. The van der Waals surface area contributed by atoms with E-state index in [2.05, 4.69) is 5.10 Å². The number of benzene rings is 1. The maximum Gasteiger partial charge on any atom is 0.189 e. The van der Waals surface area contributed by atoms with Gasteiger partial charge in [0.15, 0.2) is 17.3 Å². The number of halogens is 1. The van der Waals surface area contributed by atoms with Crippen LogP contribution in [0.15, 0.2) is 30.6 Å². The van der Waals surface area contributed by atoms with E-state index < -0.39 is 0 Å². The Morgan fingerprint density at radius 1 is 1.31 bits per heavy atom. The van der Waals surface area contributed by atoms with Gasteiger partial charge in [0.1, 0.15) is 0 Å². The highest BCUT2D eigenvalue weighted by Gasteiger charge is 2.12. The van der Waals surface area contributed by atoms with E-state index in [0.717, 1.165) is 12.0 Å². The molecule has 0 aliphatic heterocycles. The summed E-state index contributed by atoms with van der Waals surface area (Å²) >= 11 is 6.34. The van der Waals surface area contributed by atoms with Gasteiger partial charge in [-0.3, -0.25) is 9.48 Å². The zero-order chi connectivity index (χ0) is 19.1. The molecule has 0 atom stereocenters. The van der Waals surface area contributed by atoms with Crippen LogP contribution in [0.1, 0.15) is 56.1 Å². The molecule has 140 valence electrons. The van der Waals surface area contributed by atoms with E-state index in [4.69, 9.17) is 21.1 Å². The third kappa shape index (κ3) is 5.11. The van der Waals surface area contributed by atoms with Gasteiger partial charge >= 0.3 is 0 Å². The summed E-state index contributed by atoms with van der Waals surface area (Å²) in [6.45, 7) is 9.01. The van der Waals surface area contributed by atoms with Crippen molar-refractivity contribution in [3.05, 3.63) is 46.8 Å². The number of ketones is 1. The lowest BCUT2D eigenvalue weighted by molar-refractivity contribution is 0.104. The first-order chi connectivity index (χ1) is 12.5. The third-order valence-corrected chi connectivity index (χ3v) is 3.91. The van der Waals surface area contributed by atoms with E-state index in [0.29, 0.717) is 35.3 Å². The molecule has 2 rings (SSSR count). The normalized spacial score (nSPS) is 11.3. The molecule has 6 heteroatoms. The monoisotopic (exact) mass is 376 g/mol. The molecule has 2 aromatic rings. The Bertz CT molecular complexity index is 781. The summed E-state index contributed by atoms with van der Waals surface area (Å²) in [5.41, 5.74) is 1.32. The van der Waals surface area contributed by atoms with Gasteiger partial charge in [-0.05, 0) is 51.0 Å². The topological polar surface area (TPSA) is 53.3 Å². The third-order valence-electron chi connectivity index (χ3n) is 3.62. The smallest absolute Gasteiger partial charge is 0.189 e. The van der Waals surface area contributed by atoms with Crippen molar-refractivity contribution in [2.24, 2.45) is 0 Å². The van der Waals surface area contributed by atoms with Crippen LogP contribution in [-0.2, 0) is 0 Å². The highest BCUT2D eigenvalue weighted by atomic mass is 35.5. The maximum atomic E-state index is 12.3. The Morgan fingerprint density at radius 2 is 2.08 bits per heavy atom. The van der Waals surface area contributed by atoms with Gasteiger partial charge in [-0.15, -0.1) is 0 Å². The number of ether oxygens (including phenoxy) is 2. The van der Waals surface area contributed by atoms with E-state index in [1.165, 1.54) is 6.08 Å². The number of nitrogens with zero attached hydrogens (tertiary/aromatic N) is 2. The fraction of sp³-hybridized carbons (Fsp3) is 0.400. The molecule has 0 bridgehead atoms. The average molecular weight is 377 g/mol. The molecule has 1 aromatic heterocycles. The molecule has 0 N–H and O–H groups in total. The van der Waals surface area contributed by atoms with Gasteiger partial charge in [0, 0.05) is 12.2 Å². The van der Waals surface area contributed by atoms with Crippen LogP contribution in [0.25, 0.3) is 6.08 Å². The second-order valence-electron chi connectivity index (χ2n) is 6.11. The first-order valence-electron chi connectivity index (χ1n) is 8.81. The van der Waals surface area contributed by atoms with Gasteiger partial charge in [-0.1, -0.05) is 24.6 Å². The molecule has 1 heterocycles. The van der Waals surface area contributed by atoms with Crippen molar-refractivity contribution >= 4 is 23.5 Å². The molecule has 0 radical (unpaired) electrons. The van der Waals surface area contributed by atoms with E-state index >= 15 is 0 Å². The minimum absolute atomic E-state index is 0.114. The number of hydrogen-bond acceptors (Lipinski definition) is 4. The number of hydrogen-bond donors (Lipinski definition) is 0. The molecule has 0 saturated carbocycles. The number of rotatable bonds is 9. The predicted molar refractivity (Wildman–Crippen MR) is 104 cm³/mol. The molecule has 0 aliphatic carbocycles. The second kappa shape index (κ2) is 9.43. The van der Waals surface area contributed by atoms with Crippen molar-refractivity contribution in [1.82, 2.24) is 9.78 Å². The molecular weight excluding hydrogens is 352 g/mol. The quantitative estimate of drug-likeness (QED) is 0.445. The van der Waals surface area contributed by atoms with Crippen LogP contribution in [0.4, 0.5) is 0 Å². The van der Waals surface area contributed by atoms with Crippen molar-refractivity contribution in [3.8, 4) is 11.5 Å². The molecule has 0 unspecified atom stereocenters. The van der Waals surface area contributed by atoms with E-state index in [9.17, 15) is 4.79 Å². The summed E-state index contributed by atoms with van der Waals surface area (Å²) < 4.78 is 13.1. The average Bonchev–Trinajstić information content (AvgIpc) is 3.10. The van der Waals surface area contributed by atoms with Crippen molar-refractivity contribution < 1.29 is 14.3 Å². The summed E-state index contributed by atoms with van der Waals surface area (Å²) in [5, 5.41) is 4.65.